The van der Waals surface area contributed by atoms with E-state index in [-0.39, 0.29) is 17.5 Å². The zero-order valence-electron chi connectivity index (χ0n) is 12.1. The molecule has 0 aliphatic rings. The minimum atomic E-state index is -0.357. The van der Waals surface area contributed by atoms with Crippen molar-refractivity contribution in [3.63, 3.8) is 0 Å². The van der Waals surface area contributed by atoms with E-state index in [4.69, 9.17) is 0 Å². The van der Waals surface area contributed by atoms with Gasteiger partial charge in [0.25, 0.3) is 0 Å². The highest BCUT2D eigenvalue weighted by atomic mass is 79.9. The third kappa shape index (κ3) is 5.33. The first-order valence-corrected chi connectivity index (χ1v) is 7.45. The second-order valence-corrected chi connectivity index (χ2v) is 6.26. The Morgan fingerprint density at radius 3 is 2.42 bits per heavy atom. The molecule has 0 fully saturated rings. The van der Waals surface area contributed by atoms with Crippen LogP contribution in [0.25, 0.3) is 0 Å². The first-order valence-electron chi connectivity index (χ1n) is 6.65. The predicted molar refractivity (Wildman–Crippen MR) is 83.1 cm³/mol. The summed E-state index contributed by atoms with van der Waals surface area (Å²) in [6, 6.07) is 8.23. The summed E-state index contributed by atoms with van der Waals surface area (Å²) in [5.41, 5.74) is 0.740. The van der Waals surface area contributed by atoms with Crippen molar-refractivity contribution >= 4 is 21.8 Å². The van der Waals surface area contributed by atoms with Gasteiger partial charge in [0.1, 0.15) is 0 Å². The topological polar surface area (TPSA) is 41.1 Å². The van der Waals surface area contributed by atoms with E-state index in [1.165, 1.54) is 0 Å². The zero-order chi connectivity index (χ0) is 14.5. The second-order valence-electron chi connectivity index (χ2n) is 5.34. The summed E-state index contributed by atoms with van der Waals surface area (Å²) in [6.07, 6.45) is 0.494. The average molecular weight is 327 g/mol. The summed E-state index contributed by atoms with van der Waals surface area (Å²) in [7, 11) is 0. The highest BCUT2D eigenvalue weighted by Crippen LogP contribution is 2.22. The Kier molecular flexibility index (Phi) is 6.01. The number of halogens is 1. The molecule has 19 heavy (non-hydrogen) atoms. The van der Waals surface area contributed by atoms with Gasteiger partial charge in [-0.05, 0) is 45.0 Å². The van der Waals surface area contributed by atoms with Crippen LogP contribution in [0.15, 0.2) is 28.7 Å². The molecule has 0 saturated carbocycles. The molecule has 1 aromatic carbocycles. The molecule has 4 heteroatoms. The van der Waals surface area contributed by atoms with Crippen LogP contribution in [0.5, 0.6) is 0 Å². The summed E-state index contributed by atoms with van der Waals surface area (Å²) in [6.45, 7) is 8.98. The first kappa shape index (κ1) is 16.2. The third-order valence-electron chi connectivity index (χ3n) is 3.06. The third-order valence-corrected chi connectivity index (χ3v) is 3.59. The lowest BCUT2D eigenvalue weighted by Gasteiger charge is -2.28. The van der Waals surface area contributed by atoms with Crippen molar-refractivity contribution in [1.29, 1.82) is 0 Å². The van der Waals surface area contributed by atoms with Crippen LogP contribution in [0.2, 0.25) is 0 Å². The Hall–Kier alpha value is -0.870. The summed E-state index contributed by atoms with van der Waals surface area (Å²) in [5.74, 6) is 0.0707. The molecule has 0 aliphatic heterocycles. The van der Waals surface area contributed by atoms with Crippen molar-refractivity contribution in [2.24, 2.45) is 0 Å². The summed E-state index contributed by atoms with van der Waals surface area (Å²) >= 11 is 3.42. The van der Waals surface area contributed by atoms with Crippen molar-refractivity contribution in [2.45, 2.75) is 45.7 Å². The number of carbonyl (C=O) groups excluding carboxylic acids is 1. The van der Waals surface area contributed by atoms with Gasteiger partial charge in [0, 0.05) is 16.9 Å². The minimum absolute atomic E-state index is 0.0707. The van der Waals surface area contributed by atoms with Crippen LogP contribution in [0.4, 0.5) is 0 Å². The highest BCUT2D eigenvalue weighted by Gasteiger charge is 2.23. The largest absolute Gasteiger partial charge is 0.347 e. The van der Waals surface area contributed by atoms with Gasteiger partial charge < -0.3 is 10.6 Å². The number of hydrogen-bond acceptors (Lipinski definition) is 2. The summed E-state index contributed by atoms with van der Waals surface area (Å²) < 4.78 is 1.04. The lowest BCUT2D eigenvalue weighted by atomic mass is 9.94. The molecule has 0 aromatic heterocycles. The van der Waals surface area contributed by atoms with Gasteiger partial charge in [-0.15, -0.1) is 0 Å². The predicted octanol–water partition coefficient (Wildman–Crippen LogP) is 3.19. The van der Waals surface area contributed by atoms with Crippen LogP contribution < -0.4 is 10.6 Å². The molecule has 0 bridgehead atoms. The first-order chi connectivity index (χ1) is 8.85. The Morgan fingerprint density at radius 1 is 1.32 bits per heavy atom. The standard InChI is InChI=1S/C15H23BrN2O/c1-5-17-11(2)10-14(19)18-15(3,4)12-6-8-13(16)9-7-12/h6-9,11,17H,5,10H2,1-4H3,(H,18,19). The molecule has 1 atom stereocenters. The van der Waals surface area contributed by atoms with E-state index in [0.29, 0.717) is 6.42 Å². The van der Waals surface area contributed by atoms with Gasteiger partial charge in [-0.3, -0.25) is 4.79 Å². The molecular weight excluding hydrogens is 304 g/mol. The maximum absolute atomic E-state index is 12.0. The van der Waals surface area contributed by atoms with Gasteiger partial charge in [-0.1, -0.05) is 35.0 Å². The lowest BCUT2D eigenvalue weighted by Crippen LogP contribution is -2.43. The average Bonchev–Trinajstić information content (AvgIpc) is 2.28. The number of carbonyl (C=O) groups is 1. The van der Waals surface area contributed by atoms with Gasteiger partial charge in [0.2, 0.25) is 5.91 Å². The Bertz CT molecular complexity index is 415. The lowest BCUT2D eigenvalue weighted by molar-refractivity contribution is -0.123. The molecule has 2 N–H and O–H groups in total. The van der Waals surface area contributed by atoms with E-state index in [1.807, 2.05) is 52.0 Å². The van der Waals surface area contributed by atoms with Crippen LogP contribution in [-0.2, 0) is 10.3 Å². The molecule has 0 saturated heterocycles. The molecule has 3 nitrogen and oxygen atoms in total. The number of amides is 1. The van der Waals surface area contributed by atoms with Crippen molar-refractivity contribution in [3.05, 3.63) is 34.3 Å². The van der Waals surface area contributed by atoms with Gasteiger partial charge in [0.05, 0.1) is 5.54 Å². The summed E-state index contributed by atoms with van der Waals surface area (Å²) in [4.78, 5) is 12.0. The molecule has 0 aliphatic carbocycles. The smallest absolute Gasteiger partial charge is 0.222 e. The maximum Gasteiger partial charge on any atom is 0.222 e. The van der Waals surface area contributed by atoms with Crippen LogP contribution >= 0.6 is 15.9 Å². The molecule has 106 valence electrons. The molecule has 1 rings (SSSR count). The number of benzene rings is 1. The van der Waals surface area contributed by atoms with E-state index in [9.17, 15) is 4.79 Å². The molecule has 1 unspecified atom stereocenters. The van der Waals surface area contributed by atoms with E-state index in [2.05, 4.69) is 26.6 Å². The van der Waals surface area contributed by atoms with Gasteiger partial charge in [0.15, 0.2) is 0 Å². The van der Waals surface area contributed by atoms with Crippen molar-refractivity contribution < 1.29 is 4.79 Å². The number of rotatable bonds is 6. The molecule has 1 amide bonds. The molecule has 0 spiro atoms. The Morgan fingerprint density at radius 2 is 1.89 bits per heavy atom. The van der Waals surface area contributed by atoms with E-state index < -0.39 is 0 Å². The maximum atomic E-state index is 12.0. The van der Waals surface area contributed by atoms with Crippen LogP contribution in [0.3, 0.4) is 0 Å². The zero-order valence-corrected chi connectivity index (χ0v) is 13.7. The van der Waals surface area contributed by atoms with Gasteiger partial charge in [-0.25, -0.2) is 0 Å². The minimum Gasteiger partial charge on any atom is -0.347 e. The Balaban J connectivity index is 2.63. The fourth-order valence-corrected chi connectivity index (χ4v) is 2.30. The van der Waals surface area contributed by atoms with E-state index in [0.717, 1.165) is 16.6 Å². The number of nitrogens with one attached hydrogen (secondary N) is 2. The second kappa shape index (κ2) is 7.06. The van der Waals surface area contributed by atoms with Crippen molar-refractivity contribution in [3.8, 4) is 0 Å². The number of hydrogen-bond donors (Lipinski definition) is 2. The van der Waals surface area contributed by atoms with Gasteiger partial charge in [-0.2, -0.15) is 0 Å². The monoisotopic (exact) mass is 326 g/mol. The van der Waals surface area contributed by atoms with Crippen molar-refractivity contribution in [1.82, 2.24) is 10.6 Å². The van der Waals surface area contributed by atoms with Gasteiger partial charge >= 0.3 is 0 Å². The van der Waals surface area contributed by atoms with E-state index >= 15 is 0 Å². The molecule has 0 heterocycles. The normalized spacial score (nSPS) is 13.1. The van der Waals surface area contributed by atoms with E-state index in [1.54, 1.807) is 0 Å². The van der Waals surface area contributed by atoms with Crippen LogP contribution in [0, 0.1) is 0 Å². The Labute approximate surface area is 124 Å². The van der Waals surface area contributed by atoms with Crippen molar-refractivity contribution in [2.75, 3.05) is 6.54 Å². The molecule has 0 radical (unpaired) electrons. The van der Waals surface area contributed by atoms with Crippen LogP contribution in [-0.4, -0.2) is 18.5 Å². The fraction of sp³-hybridized carbons (Fsp3) is 0.533. The SMILES string of the molecule is CCNC(C)CC(=O)NC(C)(C)c1ccc(Br)cc1. The quantitative estimate of drug-likeness (QED) is 0.842. The fourth-order valence-electron chi connectivity index (χ4n) is 2.04. The highest BCUT2D eigenvalue weighted by molar-refractivity contribution is 9.10. The van der Waals surface area contributed by atoms with Crippen LogP contribution in [0.1, 0.15) is 39.7 Å². The summed E-state index contributed by atoms with van der Waals surface area (Å²) in [5, 5.41) is 6.33. The molecular formula is C15H23BrN2O. The molecule has 1 aromatic rings.